The van der Waals surface area contributed by atoms with Gasteiger partial charge >= 0.3 is 0 Å². The number of benzene rings is 2. The van der Waals surface area contributed by atoms with E-state index in [-0.39, 0.29) is 0 Å². The molecule has 0 saturated carbocycles. The van der Waals surface area contributed by atoms with Crippen LogP contribution in [0.25, 0.3) is 0 Å². The van der Waals surface area contributed by atoms with Crippen molar-refractivity contribution in [2.45, 2.75) is 20.3 Å². The van der Waals surface area contributed by atoms with Gasteiger partial charge in [0.05, 0.1) is 5.69 Å². The molecule has 0 aliphatic heterocycles. The maximum atomic E-state index is 9.90. The third-order valence-corrected chi connectivity index (χ3v) is 2.88. The molecule has 0 aliphatic rings. The fourth-order valence-corrected chi connectivity index (χ4v) is 1.74. The zero-order valence-electron chi connectivity index (χ0n) is 10.2. The van der Waals surface area contributed by atoms with E-state index in [0.29, 0.717) is 5.75 Å². The van der Waals surface area contributed by atoms with Gasteiger partial charge in [-0.2, -0.15) is 0 Å². The molecule has 2 rings (SSSR count). The molecule has 0 fully saturated rings. The molecule has 17 heavy (non-hydrogen) atoms. The van der Waals surface area contributed by atoms with Crippen LogP contribution < -0.4 is 5.32 Å². The third-order valence-electron chi connectivity index (χ3n) is 2.88. The van der Waals surface area contributed by atoms with Gasteiger partial charge in [-0.15, -0.1) is 0 Å². The van der Waals surface area contributed by atoms with Crippen molar-refractivity contribution in [2.24, 2.45) is 0 Å². The van der Waals surface area contributed by atoms with E-state index < -0.39 is 0 Å². The standard InChI is InChI=1S/C15H17NO/c1-3-12-7-9-13(10-8-12)16-14-6-4-5-11(2)15(14)17/h4-10,16-17H,3H2,1-2H3. The fourth-order valence-electron chi connectivity index (χ4n) is 1.74. The van der Waals surface area contributed by atoms with Gasteiger partial charge in [0.25, 0.3) is 0 Å². The predicted molar refractivity (Wildman–Crippen MR) is 71.9 cm³/mol. The van der Waals surface area contributed by atoms with Crippen molar-refractivity contribution in [3.05, 3.63) is 53.6 Å². The van der Waals surface area contributed by atoms with E-state index in [1.165, 1.54) is 5.56 Å². The topological polar surface area (TPSA) is 32.3 Å². The molecule has 0 saturated heterocycles. The van der Waals surface area contributed by atoms with Crippen molar-refractivity contribution in [1.29, 1.82) is 0 Å². The van der Waals surface area contributed by atoms with Gasteiger partial charge < -0.3 is 10.4 Å². The van der Waals surface area contributed by atoms with Gasteiger partial charge in [0, 0.05) is 5.69 Å². The molecular weight excluding hydrogens is 210 g/mol. The summed E-state index contributed by atoms with van der Waals surface area (Å²) >= 11 is 0. The second kappa shape index (κ2) is 4.91. The minimum Gasteiger partial charge on any atom is -0.505 e. The summed E-state index contributed by atoms with van der Waals surface area (Å²) in [5.74, 6) is 0.312. The second-order valence-electron chi connectivity index (χ2n) is 4.15. The van der Waals surface area contributed by atoms with Crippen LogP contribution >= 0.6 is 0 Å². The number of hydrogen-bond donors (Lipinski definition) is 2. The van der Waals surface area contributed by atoms with Crippen molar-refractivity contribution in [3.63, 3.8) is 0 Å². The molecule has 2 aromatic rings. The lowest BCUT2D eigenvalue weighted by Crippen LogP contribution is -1.92. The van der Waals surface area contributed by atoms with Gasteiger partial charge in [0.1, 0.15) is 5.75 Å². The van der Waals surface area contributed by atoms with Crippen molar-refractivity contribution in [2.75, 3.05) is 5.32 Å². The van der Waals surface area contributed by atoms with Crippen molar-refractivity contribution < 1.29 is 5.11 Å². The molecule has 0 unspecified atom stereocenters. The van der Waals surface area contributed by atoms with E-state index in [1.54, 1.807) is 0 Å². The fraction of sp³-hybridized carbons (Fsp3) is 0.200. The summed E-state index contributed by atoms with van der Waals surface area (Å²) in [6.45, 7) is 4.02. The van der Waals surface area contributed by atoms with Gasteiger partial charge in [0.2, 0.25) is 0 Å². The van der Waals surface area contributed by atoms with E-state index in [4.69, 9.17) is 0 Å². The maximum Gasteiger partial charge on any atom is 0.141 e. The zero-order chi connectivity index (χ0) is 12.3. The van der Waals surface area contributed by atoms with E-state index in [0.717, 1.165) is 23.4 Å². The molecule has 0 aliphatic carbocycles. The van der Waals surface area contributed by atoms with Crippen molar-refractivity contribution in [3.8, 4) is 5.75 Å². The number of hydrogen-bond acceptors (Lipinski definition) is 2. The monoisotopic (exact) mass is 227 g/mol. The number of phenolic OH excluding ortho intramolecular Hbond substituents is 1. The summed E-state index contributed by atoms with van der Waals surface area (Å²) in [6.07, 6.45) is 1.04. The molecule has 0 aromatic heterocycles. The van der Waals surface area contributed by atoms with E-state index in [1.807, 2.05) is 37.3 Å². The highest BCUT2D eigenvalue weighted by Crippen LogP contribution is 2.29. The smallest absolute Gasteiger partial charge is 0.141 e. The largest absolute Gasteiger partial charge is 0.505 e. The minimum atomic E-state index is 0.312. The Morgan fingerprint density at radius 3 is 2.41 bits per heavy atom. The Kier molecular flexibility index (Phi) is 3.33. The number of phenols is 1. The molecule has 0 bridgehead atoms. The SMILES string of the molecule is CCc1ccc(Nc2cccc(C)c2O)cc1. The van der Waals surface area contributed by atoms with E-state index in [9.17, 15) is 5.11 Å². The molecule has 0 spiro atoms. The summed E-state index contributed by atoms with van der Waals surface area (Å²) in [5, 5.41) is 13.1. The molecule has 0 amide bonds. The summed E-state index contributed by atoms with van der Waals surface area (Å²) in [6, 6.07) is 13.9. The van der Waals surface area contributed by atoms with Gasteiger partial charge in [0.15, 0.2) is 0 Å². The third kappa shape index (κ3) is 2.59. The van der Waals surface area contributed by atoms with Crippen LogP contribution in [-0.2, 0) is 6.42 Å². The van der Waals surface area contributed by atoms with Crippen molar-refractivity contribution in [1.82, 2.24) is 0 Å². The van der Waals surface area contributed by atoms with Crippen LogP contribution in [-0.4, -0.2) is 5.11 Å². The lowest BCUT2D eigenvalue weighted by atomic mass is 10.1. The highest BCUT2D eigenvalue weighted by Gasteiger charge is 2.03. The number of aromatic hydroxyl groups is 1. The molecule has 2 heteroatoms. The Hall–Kier alpha value is -1.96. The van der Waals surface area contributed by atoms with Crippen molar-refractivity contribution >= 4 is 11.4 Å². The van der Waals surface area contributed by atoms with Gasteiger partial charge in [-0.25, -0.2) is 0 Å². The number of rotatable bonds is 3. The van der Waals surface area contributed by atoms with Crippen LogP contribution in [0.5, 0.6) is 5.75 Å². The minimum absolute atomic E-state index is 0.312. The van der Waals surface area contributed by atoms with E-state index >= 15 is 0 Å². The average Bonchev–Trinajstić information content (AvgIpc) is 2.36. The number of anilines is 2. The first-order chi connectivity index (χ1) is 8.20. The van der Waals surface area contributed by atoms with E-state index in [2.05, 4.69) is 24.4 Å². The summed E-state index contributed by atoms with van der Waals surface area (Å²) < 4.78 is 0. The average molecular weight is 227 g/mol. The first kappa shape index (κ1) is 11.5. The second-order valence-corrected chi connectivity index (χ2v) is 4.15. The van der Waals surface area contributed by atoms with Gasteiger partial charge in [-0.3, -0.25) is 0 Å². The summed E-state index contributed by atoms with van der Waals surface area (Å²) in [7, 11) is 0. The molecule has 2 N–H and O–H groups in total. The Balaban J connectivity index is 2.22. The first-order valence-corrected chi connectivity index (χ1v) is 5.85. The normalized spacial score (nSPS) is 10.2. The molecule has 2 aromatic carbocycles. The molecule has 2 nitrogen and oxygen atoms in total. The quantitative estimate of drug-likeness (QED) is 0.776. The summed E-state index contributed by atoms with van der Waals surface area (Å²) in [5.41, 5.74) is 3.92. The Labute approximate surface area is 102 Å². The van der Waals surface area contributed by atoms with Gasteiger partial charge in [-0.05, 0) is 42.7 Å². The summed E-state index contributed by atoms with van der Waals surface area (Å²) in [4.78, 5) is 0. The molecule has 0 atom stereocenters. The highest BCUT2D eigenvalue weighted by atomic mass is 16.3. The van der Waals surface area contributed by atoms with Crippen LogP contribution in [0.1, 0.15) is 18.1 Å². The number of aryl methyl sites for hydroxylation is 2. The predicted octanol–water partition coefficient (Wildman–Crippen LogP) is 4.01. The van der Waals surface area contributed by atoms with Crippen LogP contribution in [0, 0.1) is 6.92 Å². The highest BCUT2D eigenvalue weighted by molar-refractivity contribution is 5.67. The maximum absolute atomic E-state index is 9.90. The van der Waals surface area contributed by atoms with Gasteiger partial charge in [-0.1, -0.05) is 31.2 Å². The molecular formula is C15H17NO. The molecule has 0 heterocycles. The van der Waals surface area contributed by atoms with Crippen LogP contribution in [0.2, 0.25) is 0 Å². The zero-order valence-corrected chi connectivity index (χ0v) is 10.2. The number of nitrogens with one attached hydrogen (secondary N) is 1. The molecule has 0 radical (unpaired) electrons. The lowest BCUT2D eigenvalue weighted by molar-refractivity contribution is 0.473. The van der Waals surface area contributed by atoms with Crippen LogP contribution in [0.15, 0.2) is 42.5 Å². The Morgan fingerprint density at radius 1 is 1.06 bits per heavy atom. The van der Waals surface area contributed by atoms with Crippen LogP contribution in [0.3, 0.4) is 0 Å². The molecule has 88 valence electrons. The van der Waals surface area contributed by atoms with Crippen LogP contribution in [0.4, 0.5) is 11.4 Å². The number of para-hydroxylation sites is 1. The Morgan fingerprint density at radius 2 is 1.76 bits per heavy atom. The first-order valence-electron chi connectivity index (χ1n) is 5.85. The Bertz CT molecular complexity index is 503. The lowest BCUT2D eigenvalue weighted by Gasteiger charge is -2.10.